The molecule has 0 atom stereocenters. The summed E-state index contributed by atoms with van der Waals surface area (Å²) in [7, 11) is 3.06. The van der Waals surface area contributed by atoms with Crippen molar-refractivity contribution in [1.29, 1.82) is 0 Å². The van der Waals surface area contributed by atoms with Gasteiger partial charge in [-0.05, 0) is 43.7 Å². The lowest BCUT2D eigenvalue weighted by Crippen LogP contribution is -2.30. The van der Waals surface area contributed by atoms with E-state index in [1.807, 2.05) is 0 Å². The molecule has 2 aromatic heterocycles. The highest BCUT2D eigenvalue weighted by Gasteiger charge is 2.27. The lowest BCUT2D eigenvalue weighted by atomic mass is 9.81. The smallest absolute Gasteiger partial charge is 0.328 e. The molecule has 1 amide bonds. The fourth-order valence-corrected chi connectivity index (χ4v) is 4.28. The number of ether oxygens (including phenoxy) is 1. The van der Waals surface area contributed by atoms with Gasteiger partial charge in [-0.15, -0.1) is 0 Å². The average molecular weight is 412 g/mol. The Labute approximate surface area is 173 Å². The lowest BCUT2D eigenvalue weighted by Gasteiger charge is -2.28. The molecule has 0 bridgehead atoms. The van der Waals surface area contributed by atoms with Gasteiger partial charge in [-0.1, -0.05) is 0 Å². The van der Waals surface area contributed by atoms with Crippen LogP contribution in [0.3, 0.4) is 0 Å². The van der Waals surface area contributed by atoms with E-state index in [4.69, 9.17) is 4.74 Å². The van der Waals surface area contributed by atoms with Gasteiger partial charge in [0, 0.05) is 49.7 Å². The number of nitrogens with zero attached hydrogens (tertiary/aromatic N) is 3. The highest BCUT2D eigenvalue weighted by Crippen LogP contribution is 2.32. The quantitative estimate of drug-likeness (QED) is 0.697. The van der Waals surface area contributed by atoms with E-state index in [0.717, 1.165) is 31.4 Å². The van der Waals surface area contributed by atoms with E-state index in [2.05, 4.69) is 10.3 Å². The van der Waals surface area contributed by atoms with E-state index < -0.39 is 5.82 Å². The SMILES string of the molecule is COc1cc2c(cc1F)n(C)c(=O)n2CC1CCC(C(=O)Nc2ccncc2)CC1. The number of fused-ring (bicyclic) bond motifs is 1. The summed E-state index contributed by atoms with van der Waals surface area (Å²) >= 11 is 0. The monoisotopic (exact) mass is 412 g/mol. The normalized spacial score (nSPS) is 19.0. The lowest BCUT2D eigenvalue weighted by molar-refractivity contribution is -0.121. The minimum Gasteiger partial charge on any atom is -0.494 e. The number of benzene rings is 1. The zero-order valence-electron chi connectivity index (χ0n) is 17.1. The first-order valence-electron chi connectivity index (χ1n) is 10.1. The summed E-state index contributed by atoms with van der Waals surface area (Å²) in [5.74, 6) is -0.0823. The fourth-order valence-electron chi connectivity index (χ4n) is 4.28. The molecule has 7 nitrogen and oxygen atoms in total. The van der Waals surface area contributed by atoms with Crippen molar-refractivity contribution >= 4 is 22.6 Å². The minimum atomic E-state index is -0.488. The van der Waals surface area contributed by atoms with E-state index in [-0.39, 0.29) is 29.2 Å². The molecule has 1 aliphatic carbocycles. The number of hydrogen-bond acceptors (Lipinski definition) is 4. The number of carbonyl (C=O) groups excluding carboxylic acids is 1. The van der Waals surface area contributed by atoms with Gasteiger partial charge in [0.25, 0.3) is 0 Å². The summed E-state index contributed by atoms with van der Waals surface area (Å²) in [6.07, 6.45) is 6.56. The Morgan fingerprint density at radius 1 is 1.20 bits per heavy atom. The Hall–Kier alpha value is -3.16. The molecule has 1 saturated carbocycles. The van der Waals surface area contributed by atoms with E-state index in [1.54, 1.807) is 42.2 Å². The Morgan fingerprint density at radius 2 is 1.90 bits per heavy atom. The van der Waals surface area contributed by atoms with Crippen LogP contribution in [-0.4, -0.2) is 27.1 Å². The number of carbonyl (C=O) groups is 1. The van der Waals surface area contributed by atoms with Gasteiger partial charge in [0.15, 0.2) is 11.6 Å². The second-order valence-electron chi connectivity index (χ2n) is 7.87. The van der Waals surface area contributed by atoms with Gasteiger partial charge in [0.05, 0.1) is 18.1 Å². The Morgan fingerprint density at radius 3 is 2.57 bits per heavy atom. The van der Waals surface area contributed by atoms with Gasteiger partial charge < -0.3 is 10.1 Å². The van der Waals surface area contributed by atoms with E-state index in [9.17, 15) is 14.0 Å². The third-order valence-corrected chi connectivity index (χ3v) is 6.03. The largest absolute Gasteiger partial charge is 0.494 e. The van der Waals surface area contributed by atoms with Crippen molar-refractivity contribution in [2.75, 3.05) is 12.4 Å². The molecule has 4 rings (SSSR count). The molecule has 1 fully saturated rings. The van der Waals surface area contributed by atoms with Crippen molar-refractivity contribution in [1.82, 2.24) is 14.1 Å². The molecule has 158 valence electrons. The van der Waals surface area contributed by atoms with E-state index in [0.29, 0.717) is 17.6 Å². The zero-order chi connectivity index (χ0) is 21.3. The molecular weight excluding hydrogens is 387 g/mol. The standard InChI is InChI=1S/C22H25FN4O3/c1-26-18-11-17(23)20(30-2)12-19(18)27(22(26)29)13-14-3-5-15(6-4-14)21(28)25-16-7-9-24-10-8-16/h7-12,14-15H,3-6,13H2,1-2H3,(H,24,25,28). The third-order valence-electron chi connectivity index (χ3n) is 6.03. The maximum absolute atomic E-state index is 14.1. The second-order valence-corrected chi connectivity index (χ2v) is 7.87. The summed E-state index contributed by atoms with van der Waals surface area (Å²) in [4.78, 5) is 29.2. The maximum atomic E-state index is 14.1. The van der Waals surface area contributed by atoms with Crippen LogP contribution in [0.25, 0.3) is 11.0 Å². The molecule has 3 aromatic rings. The Bertz CT molecular complexity index is 1110. The predicted octanol–water partition coefficient (Wildman–Crippen LogP) is 3.33. The fraction of sp³-hybridized carbons (Fsp3) is 0.409. The number of rotatable bonds is 5. The van der Waals surface area contributed by atoms with Gasteiger partial charge >= 0.3 is 5.69 Å². The number of methoxy groups -OCH3 is 1. The number of pyridine rings is 1. The summed E-state index contributed by atoms with van der Waals surface area (Å²) in [5.41, 5.74) is 1.79. The first kappa shape index (κ1) is 20.1. The molecule has 8 heteroatoms. The first-order chi connectivity index (χ1) is 14.5. The van der Waals surface area contributed by atoms with Gasteiger partial charge in [0.2, 0.25) is 5.91 Å². The number of hydrogen-bond donors (Lipinski definition) is 1. The molecule has 2 heterocycles. The van der Waals surface area contributed by atoms with E-state index in [1.165, 1.54) is 17.7 Å². The van der Waals surface area contributed by atoms with E-state index >= 15 is 0 Å². The summed E-state index contributed by atoms with van der Waals surface area (Å²) in [6.45, 7) is 0.545. The predicted molar refractivity (Wildman–Crippen MR) is 112 cm³/mol. The van der Waals surface area contributed by atoms with Crippen LogP contribution < -0.4 is 15.7 Å². The van der Waals surface area contributed by atoms with Crippen LogP contribution in [0.15, 0.2) is 41.5 Å². The van der Waals surface area contributed by atoms with Crippen LogP contribution in [0.2, 0.25) is 0 Å². The summed E-state index contributed by atoms with van der Waals surface area (Å²) in [5, 5.41) is 2.94. The topological polar surface area (TPSA) is 78.1 Å². The summed E-state index contributed by atoms with van der Waals surface area (Å²) < 4.78 is 22.3. The first-order valence-corrected chi connectivity index (χ1v) is 10.1. The van der Waals surface area contributed by atoms with Gasteiger partial charge in [0.1, 0.15) is 0 Å². The Kier molecular flexibility index (Phi) is 5.57. The molecule has 1 N–H and O–H groups in total. The Balaban J connectivity index is 1.45. The number of imidazole rings is 1. The molecule has 0 aliphatic heterocycles. The van der Waals surface area contributed by atoms with Gasteiger partial charge in [-0.25, -0.2) is 9.18 Å². The average Bonchev–Trinajstić information content (AvgIpc) is 2.98. The van der Waals surface area contributed by atoms with Crippen LogP contribution >= 0.6 is 0 Å². The van der Waals surface area contributed by atoms with Crippen LogP contribution in [-0.2, 0) is 18.4 Å². The number of aryl methyl sites for hydroxylation is 1. The van der Waals surface area contributed by atoms with Crippen molar-refractivity contribution in [3.05, 3.63) is 53.0 Å². The minimum absolute atomic E-state index is 0.0298. The molecule has 0 spiro atoms. The molecule has 1 aliphatic rings. The third kappa shape index (κ3) is 3.81. The highest BCUT2D eigenvalue weighted by molar-refractivity contribution is 5.92. The second kappa shape index (κ2) is 8.30. The highest BCUT2D eigenvalue weighted by atomic mass is 19.1. The number of nitrogens with one attached hydrogen (secondary N) is 1. The number of anilines is 1. The number of amides is 1. The van der Waals surface area contributed by atoms with Crippen molar-refractivity contribution in [3.63, 3.8) is 0 Å². The van der Waals surface area contributed by atoms with Crippen LogP contribution in [0, 0.1) is 17.7 Å². The zero-order valence-corrected chi connectivity index (χ0v) is 17.1. The maximum Gasteiger partial charge on any atom is 0.328 e. The van der Waals surface area contributed by atoms with Crippen LogP contribution in [0.5, 0.6) is 5.75 Å². The van der Waals surface area contributed by atoms with Crippen molar-refractivity contribution in [3.8, 4) is 5.75 Å². The van der Waals surface area contributed by atoms with Crippen molar-refractivity contribution in [2.45, 2.75) is 32.2 Å². The molecule has 0 saturated heterocycles. The van der Waals surface area contributed by atoms with Crippen molar-refractivity contribution < 1.29 is 13.9 Å². The van der Waals surface area contributed by atoms with Crippen LogP contribution in [0.1, 0.15) is 25.7 Å². The molecule has 1 aromatic carbocycles. The number of halogens is 1. The van der Waals surface area contributed by atoms with Crippen molar-refractivity contribution in [2.24, 2.45) is 18.9 Å². The number of aromatic nitrogens is 3. The molecule has 0 unspecified atom stereocenters. The molecule has 30 heavy (non-hydrogen) atoms. The molecule has 0 radical (unpaired) electrons. The summed E-state index contributed by atoms with van der Waals surface area (Å²) in [6, 6.07) is 6.47. The molecular formula is C22H25FN4O3. The van der Waals surface area contributed by atoms with Gasteiger partial charge in [-0.3, -0.25) is 18.9 Å². The van der Waals surface area contributed by atoms with Crippen LogP contribution in [0.4, 0.5) is 10.1 Å². The van der Waals surface area contributed by atoms with Gasteiger partial charge in [-0.2, -0.15) is 0 Å².